The third-order valence-corrected chi connectivity index (χ3v) is 5.07. The van der Waals surface area contributed by atoms with Crippen LogP contribution >= 0.6 is 11.6 Å². The summed E-state index contributed by atoms with van der Waals surface area (Å²) in [5.74, 6) is 1.13. The predicted molar refractivity (Wildman–Crippen MR) is 93.1 cm³/mol. The summed E-state index contributed by atoms with van der Waals surface area (Å²) in [4.78, 5) is 12.9. The maximum Gasteiger partial charge on any atom is 0.171 e. The summed E-state index contributed by atoms with van der Waals surface area (Å²) in [5.41, 5.74) is 1.56. The number of rotatable bonds is 4. The van der Waals surface area contributed by atoms with Crippen LogP contribution in [0.3, 0.4) is 0 Å². The fourth-order valence-corrected chi connectivity index (χ4v) is 3.55. The highest BCUT2D eigenvalue weighted by atomic mass is 35.5. The van der Waals surface area contributed by atoms with Gasteiger partial charge in [-0.05, 0) is 48.6 Å². The van der Waals surface area contributed by atoms with E-state index in [1.54, 1.807) is 18.2 Å². The molecule has 2 atom stereocenters. The Morgan fingerprint density at radius 3 is 2.88 bits per heavy atom. The van der Waals surface area contributed by atoms with Gasteiger partial charge in [0.1, 0.15) is 5.82 Å². The maximum absolute atomic E-state index is 13.3. The van der Waals surface area contributed by atoms with Crippen molar-refractivity contribution in [1.29, 1.82) is 0 Å². The van der Waals surface area contributed by atoms with Gasteiger partial charge in [-0.25, -0.2) is 4.39 Å². The van der Waals surface area contributed by atoms with Crippen molar-refractivity contribution in [2.24, 2.45) is 11.8 Å². The van der Waals surface area contributed by atoms with Gasteiger partial charge >= 0.3 is 0 Å². The van der Waals surface area contributed by atoms with Gasteiger partial charge in [-0.1, -0.05) is 23.7 Å². The molecule has 3 nitrogen and oxygen atoms in total. The highest BCUT2D eigenvalue weighted by Gasteiger charge is 2.44. The first-order valence-corrected chi connectivity index (χ1v) is 8.88. The molecule has 1 saturated carbocycles. The van der Waals surface area contributed by atoms with Gasteiger partial charge in [0, 0.05) is 12.3 Å². The summed E-state index contributed by atoms with van der Waals surface area (Å²) in [7, 11) is 0. The molecule has 0 aromatic heterocycles. The Hall–Kier alpha value is -2.07. The van der Waals surface area contributed by atoms with Crippen LogP contribution in [-0.4, -0.2) is 19.0 Å². The Morgan fingerprint density at radius 1 is 1.20 bits per heavy atom. The number of fused-ring (bicyclic) bond motifs is 1. The Bertz CT molecular complexity index is 821. The number of hydrogen-bond acceptors (Lipinski definition) is 3. The molecule has 2 aromatic carbocycles. The van der Waals surface area contributed by atoms with E-state index in [2.05, 4.69) is 0 Å². The number of carbonyl (C=O) groups excluding carboxylic acids is 1. The van der Waals surface area contributed by atoms with E-state index in [0.717, 1.165) is 24.8 Å². The molecule has 0 bridgehead atoms. The number of ketones is 1. The predicted octanol–water partition coefficient (Wildman–Crippen LogP) is 4.70. The first-order valence-electron chi connectivity index (χ1n) is 8.50. The highest BCUT2D eigenvalue weighted by molar-refractivity contribution is 6.30. The fraction of sp³-hybridized carbons (Fsp3) is 0.350. The standard InChI is InChI=1S/C20H18ClFO3/c21-16-10-12(5-6-17(16)22)9-13-11-15(13)19(23)14-3-1-4-18-20(14)25-8-2-7-24-18/h1,3-6,10,13,15H,2,7-9,11H2. The van der Waals surface area contributed by atoms with Crippen molar-refractivity contribution < 1.29 is 18.7 Å². The molecule has 25 heavy (non-hydrogen) atoms. The summed E-state index contributed by atoms with van der Waals surface area (Å²) >= 11 is 5.83. The van der Waals surface area contributed by atoms with E-state index in [-0.39, 0.29) is 22.6 Å². The zero-order valence-electron chi connectivity index (χ0n) is 13.6. The first kappa shape index (κ1) is 16.4. The molecule has 5 heteroatoms. The SMILES string of the molecule is O=C(c1cccc2c1OCCCO2)C1CC1Cc1ccc(F)c(Cl)c1. The van der Waals surface area contributed by atoms with Gasteiger partial charge in [0.2, 0.25) is 0 Å². The highest BCUT2D eigenvalue weighted by Crippen LogP contribution is 2.46. The van der Waals surface area contributed by atoms with Crippen molar-refractivity contribution in [3.63, 3.8) is 0 Å². The molecular formula is C20H18ClFO3. The lowest BCUT2D eigenvalue weighted by atomic mass is 10.0. The molecule has 0 radical (unpaired) electrons. The second-order valence-electron chi connectivity index (χ2n) is 6.60. The average Bonchev–Trinajstić information content (AvgIpc) is 3.40. The van der Waals surface area contributed by atoms with Crippen LogP contribution in [0.4, 0.5) is 4.39 Å². The zero-order valence-corrected chi connectivity index (χ0v) is 14.4. The Balaban J connectivity index is 1.49. The molecule has 1 aliphatic heterocycles. The van der Waals surface area contributed by atoms with Crippen LogP contribution < -0.4 is 9.47 Å². The largest absolute Gasteiger partial charge is 0.490 e. The number of para-hydroxylation sites is 1. The third-order valence-electron chi connectivity index (χ3n) is 4.78. The summed E-state index contributed by atoms with van der Waals surface area (Å²) in [6.07, 6.45) is 2.36. The molecule has 4 rings (SSSR count). The van der Waals surface area contributed by atoms with Crippen LogP contribution in [-0.2, 0) is 6.42 Å². The first-order chi connectivity index (χ1) is 12.1. The third kappa shape index (κ3) is 3.36. The summed E-state index contributed by atoms with van der Waals surface area (Å²) < 4.78 is 24.7. The van der Waals surface area contributed by atoms with Crippen LogP contribution in [0, 0.1) is 17.7 Å². The molecule has 2 aliphatic rings. The molecule has 0 spiro atoms. The van der Waals surface area contributed by atoms with Gasteiger partial charge in [0.25, 0.3) is 0 Å². The maximum atomic E-state index is 13.3. The van der Waals surface area contributed by atoms with Gasteiger partial charge in [0.15, 0.2) is 17.3 Å². The molecule has 2 aromatic rings. The number of ether oxygens (including phenoxy) is 2. The van der Waals surface area contributed by atoms with E-state index in [1.165, 1.54) is 6.07 Å². The number of hydrogen-bond donors (Lipinski definition) is 0. The van der Waals surface area contributed by atoms with Gasteiger partial charge in [-0.3, -0.25) is 4.79 Å². The topological polar surface area (TPSA) is 35.5 Å². The zero-order chi connectivity index (χ0) is 17.4. The lowest BCUT2D eigenvalue weighted by Gasteiger charge is -2.11. The minimum Gasteiger partial charge on any atom is -0.490 e. The van der Waals surface area contributed by atoms with E-state index in [4.69, 9.17) is 21.1 Å². The molecule has 1 fully saturated rings. The summed E-state index contributed by atoms with van der Waals surface area (Å²) in [5, 5.41) is 0.125. The summed E-state index contributed by atoms with van der Waals surface area (Å²) in [6, 6.07) is 10.2. The van der Waals surface area contributed by atoms with Crippen LogP contribution in [0.25, 0.3) is 0 Å². The van der Waals surface area contributed by atoms with Gasteiger partial charge in [-0.15, -0.1) is 0 Å². The number of benzene rings is 2. The van der Waals surface area contributed by atoms with Gasteiger partial charge in [0.05, 0.1) is 23.8 Å². The second kappa shape index (κ2) is 6.68. The van der Waals surface area contributed by atoms with Crippen molar-refractivity contribution in [3.8, 4) is 11.5 Å². The molecular weight excluding hydrogens is 343 g/mol. The molecule has 0 amide bonds. The van der Waals surface area contributed by atoms with E-state index in [1.807, 2.05) is 12.1 Å². The van der Waals surface area contributed by atoms with Crippen molar-refractivity contribution in [1.82, 2.24) is 0 Å². The quantitative estimate of drug-likeness (QED) is 0.741. The average molecular weight is 361 g/mol. The smallest absolute Gasteiger partial charge is 0.171 e. The minimum atomic E-state index is -0.419. The lowest BCUT2D eigenvalue weighted by molar-refractivity contribution is 0.0957. The number of Topliss-reactive ketones (excluding diaryl/α,β-unsaturated/α-hetero) is 1. The number of halogens is 2. The molecule has 130 valence electrons. The molecule has 2 unspecified atom stereocenters. The fourth-order valence-electron chi connectivity index (χ4n) is 3.35. The van der Waals surface area contributed by atoms with E-state index >= 15 is 0 Å². The van der Waals surface area contributed by atoms with Crippen LogP contribution in [0.5, 0.6) is 11.5 Å². The van der Waals surface area contributed by atoms with Crippen LogP contribution in [0.15, 0.2) is 36.4 Å². The molecule has 0 saturated heterocycles. The minimum absolute atomic E-state index is 0.0258. The van der Waals surface area contributed by atoms with Crippen molar-refractivity contribution in [2.45, 2.75) is 19.3 Å². The van der Waals surface area contributed by atoms with Gasteiger partial charge < -0.3 is 9.47 Å². The van der Waals surface area contributed by atoms with Crippen LogP contribution in [0.2, 0.25) is 5.02 Å². The lowest BCUT2D eigenvalue weighted by Crippen LogP contribution is -2.08. The molecule has 1 heterocycles. The second-order valence-corrected chi connectivity index (χ2v) is 7.01. The van der Waals surface area contributed by atoms with Crippen molar-refractivity contribution in [3.05, 3.63) is 58.4 Å². The van der Waals surface area contributed by atoms with Crippen molar-refractivity contribution in [2.75, 3.05) is 13.2 Å². The Kier molecular flexibility index (Phi) is 4.38. The van der Waals surface area contributed by atoms with Gasteiger partial charge in [-0.2, -0.15) is 0 Å². The summed E-state index contributed by atoms with van der Waals surface area (Å²) in [6.45, 7) is 1.15. The Morgan fingerprint density at radius 2 is 2.04 bits per heavy atom. The van der Waals surface area contributed by atoms with Crippen molar-refractivity contribution >= 4 is 17.4 Å². The Labute approximate surface area is 150 Å². The number of carbonyl (C=O) groups is 1. The van der Waals surface area contributed by atoms with E-state index in [9.17, 15) is 9.18 Å². The monoisotopic (exact) mass is 360 g/mol. The van der Waals surface area contributed by atoms with E-state index in [0.29, 0.717) is 30.3 Å². The molecule has 0 N–H and O–H groups in total. The van der Waals surface area contributed by atoms with E-state index < -0.39 is 5.82 Å². The van der Waals surface area contributed by atoms with Crippen LogP contribution in [0.1, 0.15) is 28.8 Å². The normalized spacial score (nSPS) is 21.5. The molecule has 1 aliphatic carbocycles.